The summed E-state index contributed by atoms with van der Waals surface area (Å²) in [5.41, 5.74) is 0.728. The van der Waals surface area contributed by atoms with Crippen molar-refractivity contribution in [3.05, 3.63) is 59.7 Å². The average molecular weight is 277 g/mol. The minimum atomic E-state index is -2.94. The molecule has 5 heteroatoms. The standard InChI is InChI=1S/C15H13F2NO2/c1-15(16,17)10-5-4-6-11(9-10)18-13-8-3-2-7-12(13)14(19)20/h2-9,18H,1H3,(H,19,20). The number of anilines is 2. The SMILES string of the molecule is CC(F)(F)c1cccc(Nc2ccccc2C(=O)O)c1. The molecule has 2 N–H and O–H groups in total. The smallest absolute Gasteiger partial charge is 0.337 e. The third-order valence-electron chi connectivity index (χ3n) is 2.81. The highest BCUT2D eigenvalue weighted by atomic mass is 19.3. The fourth-order valence-electron chi connectivity index (χ4n) is 1.80. The Hall–Kier alpha value is -2.43. The number of para-hydroxylation sites is 1. The van der Waals surface area contributed by atoms with Crippen LogP contribution < -0.4 is 5.32 Å². The van der Waals surface area contributed by atoms with Gasteiger partial charge in [-0.1, -0.05) is 24.3 Å². The second-order valence-corrected chi connectivity index (χ2v) is 4.44. The number of carboxylic acid groups (broad SMARTS) is 1. The first-order valence-corrected chi connectivity index (χ1v) is 5.95. The van der Waals surface area contributed by atoms with Crippen molar-refractivity contribution in [3.63, 3.8) is 0 Å². The predicted molar refractivity (Wildman–Crippen MR) is 72.7 cm³/mol. The van der Waals surface area contributed by atoms with Gasteiger partial charge in [0.1, 0.15) is 0 Å². The van der Waals surface area contributed by atoms with E-state index in [1.807, 2.05) is 0 Å². The number of hydrogen-bond acceptors (Lipinski definition) is 2. The van der Waals surface area contributed by atoms with Crippen molar-refractivity contribution in [1.29, 1.82) is 0 Å². The zero-order chi connectivity index (χ0) is 14.8. The molecule has 0 unspecified atom stereocenters. The van der Waals surface area contributed by atoms with Gasteiger partial charge < -0.3 is 10.4 Å². The summed E-state index contributed by atoms with van der Waals surface area (Å²) in [5, 5.41) is 11.9. The van der Waals surface area contributed by atoms with Crippen molar-refractivity contribution in [1.82, 2.24) is 0 Å². The summed E-state index contributed by atoms with van der Waals surface area (Å²) in [6, 6.07) is 12.0. The first-order chi connectivity index (χ1) is 9.38. The van der Waals surface area contributed by atoms with Gasteiger partial charge in [-0.25, -0.2) is 13.6 Å². The monoisotopic (exact) mass is 277 g/mol. The molecule has 0 aliphatic carbocycles. The predicted octanol–water partition coefficient (Wildman–Crippen LogP) is 4.24. The Morgan fingerprint density at radius 1 is 1.15 bits per heavy atom. The van der Waals surface area contributed by atoms with Crippen LogP contribution in [0.15, 0.2) is 48.5 Å². The van der Waals surface area contributed by atoms with Gasteiger partial charge in [0, 0.05) is 18.2 Å². The molecular weight excluding hydrogens is 264 g/mol. The van der Waals surface area contributed by atoms with Gasteiger partial charge in [-0.15, -0.1) is 0 Å². The summed E-state index contributed by atoms with van der Waals surface area (Å²) in [6.07, 6.45) is 0. The van der Waals surface area contributed by atoms with E-state index in [-0.39, 0.29) is 11.1 Å². The van der Waals surface area contributed by atoms with Gasteiger partial charge in [0.2, 0.25) is 0 Å². The molecule has 0 radical (unpaired) electrons. The minimum absolute atomic E-state index is 0.0844. The highest BCUT2D eigenvalue weighted by Crippen LogP contribution is 2.30. The summed E-state index contributed by atoms with van der Waals surface area (Å²) in [4.78, 5) is 11.1. The molecule has 2 aromatic rings. The van der Waals surface area contributed by atoms with Crippen LogP contribution in [0.2, 0.25) is 0 Å². The van der Waals surface area contributed by atoms with Gasteiger partial charge in [-0.05, 0) is 24.3 Å². The lowest BCUT2D eigenvalue weighted by molar-refractivity contribution is 0.0175. The van der Waals surface area contributed by atoms with Gasteiger partial charge in [0.25, 0.3) is 5.92 Å². The van der Waals surface area contributed by atoms with Crippen LogP contribution >= 0.6 is 0 Å². The van der Waals surface area contributed by atoms with E-state index in [0.29, 0.717) is 11.4 Å². The molecule has 0 bridgehead atoms. The van der Waals surface area contributed by atoms with Crippen LogP contribution in [-0.4, -0.2) is 11.1 Å². The average Bonchev–Trinajstić information content (AvgIpc) is 2.38. The molecule has 0 heterocycles. The van der Waals surface area contributed by atoms with Gasteiger partial charge in [-0.3, -0.25) is 0 Å². The topological polar surface area (TPSA) is 49.3 Å². The number of benzene rings is 2. The quantitative estimate of drug-likeness (QED) is 0.878. The van der Waals surface area contributed by atoms with Gasteiger partial charge in [0.15, 0.2) is 0 Å². The summed E-state index contributed by atoms with van der Waals surface area (Å²) in [5.74, 6) is -4.02. The first kappa shape index (κ1) is 14.0. The molecular formula is C15H13F2NO2. The lowest BCUT2D eigenvalue weighted by Crippen LogP contribution is -2.07. The lowest BCUT2D eigenvalue weighted by atomic mass is 10.1. The van der Waals surface area contributed by atoms with Gasteiger partial charge in [0.05, 0.1) is 11.3 Å². The zero-order valence-corrected chi connectivity index (χ0v) is 10.7. The largest absolute Gasteiger partial charge is 0.478 e. The zero-order valence-electron chi connectivity index (χ0n) is 10.7. The van der Waals surface area contributed by atoms with Crippen LogP contribution in [0.4, 0.5) is 20.2 Å². The second kappa shape index (κ2) is 5.28. The van der Waals surface area contributed by atoms with Crippen molar-refractivity contribution in [2.75, 3.05) is 5.32 Å². The number of rotatable bonds is 4. The van der Waals surface area contributed by atoms with Crippen LogP contribution in [-0.2, 0) is 5.92 Å². The van der Waals surface area contributed by atoms with Gasteiger partial charge in [-0.2, -0.15) is 0 Å². The molecule has 0 aliphatic heterocycles. The third-order valence-corrected chi connectivity index (χ3v) is 2.81. The van der Waals surface area contributed by atoms with E-state index in [1.54, 1.807) is 24.3 Å². The molecule has 2 aromatic carbocycles. The molecule has 0 saturated heterocycles. The van der Waals surface area contributed by atoms with Crippen molar-refractivity contribution in [2.24, 2.45) is 0 Å². The maximum atomic E-state index is 13.3. The van der Waals surface area contributed by atoms with E-state index in [1.165, 1.54) is 24.3 Å². The lowest BCUT2D eigenvalue weighted by Gasteiger charge is -2.14. The number of carbonyl (C=O) groups is 1. The number of alkyl halides is 2. The maximum absolute atomic E-state index is 13.3. The van der Waals surface area contributed by atoms with Crippen molar-refractivity contribution < 1.29 is 18.7 Å². The molecule has 0 atom stereocenters. The Balaban J connectivity index is 2.34. The Morgan fingerprint density at radius 3 is 2.50 bits per heavy atom. The van der Waals surface area contributed by atoms with Crippen LogP contribution in [0.25, 0.3) is 0 Å². The molecule has 0 saturated carbocycles. The molecule has 0 aliphatic rings. The van der Waals surface area contributed by atoms with Crippen LogP contribution in [0.1, 0.15) is 22.8 Å². The summed E-state index contributed by atoms with van der Waals surface area (Å²) in [6.45, 7) is 0.817. The van der Waals surface area contributed by atoms with E-state index in [2.05, 4.69) is 5.32 Å². The normalized spacial score (nSPS) is 11.2. The van der Waals surface area contributed by atoms with E-state index < -0.39 is 11.9 Å². The number of nitrogens with one attached hydrogen (secondary N) is 1. The number of aromatic carboxylic acids is 1. The Labute approximate surface area is 114 Å². The summed E-state index contributed by atoms with van der Waals surface area (Å²) in [7, 11) is 0. The molecule has 0 amide bonds. The second-order valence-electron chi connectivity index (χ2n) is 4.44. The first-order valence-electron chi connectivity index (χ1n) is 5.95. The Morgan fingerprint density at radius 2 is 1.85 bits per heavy atom. The van der Waals surface area contributed by atoms with E-state index in [4.69, 9.17) is 5.11 Å². The molecule has 20 heavy (non-hydrogen) atoms. The number of carboxylic acids is 1. The molecule has 104 valence electrons. The molecule has 0 spiro atoms. The van der Waals surface area contributed by atoms with Crippen LogP contribution in [0.5, 0.6) is 0 Å². The Kier molecular flexibility index (Phi) is 3.70. The van der Waals surface area contributed by atoms with Crippen LogP contribution in [0.3, 0.4) is 0 Å². The molecule has 0 fully saturated rings. The van der Waals surface area contributed by atoms with Crippen molar-refractivity contribution >= 4 is 17.3 Å². The van der Waals surface area contributed by atoms with Gasteiger partial charge >= 0.3 is 5.97 Å². The van der Waals surface area contributed by atoms with E-state index in [9.17, 15) is 13.6 Å². The van der Waals surface area contributed by atoms with Crippen LogP contribution in [0, 0.1) is 0 Å². The fraction of sp³-hybridized carbons (Fsp3) is 0.133. The number of halogens is 2. The third kappa shape index (κ3) is 3.12. The highest BCUT2D eigenvalue weighted by molar-refractivity contribution is 5.95. The van der Waals surface area contributed by atoms with E-state index >= 15 is 0 Å². The molecule has 3 nitrogen and oxygen atoms in total. The minimum Gasteiger partial charge on any atom is -0.478 e. The fourth-order valence-corrected chi connectivity index (χ4v) is 1.80. The summed E-state index contributed by atoms with van der Waals surface area (Å²) >= 11 is 0. The van der Waals surface area contributed by atoms with Crippen molar-refractivity contribution in [2.45, 2.75) is 12.8 Å². The molecule has 2 rings (SSSR count). The van der Waals surface area contributed by atoms with E-state index in [0.717, 1.165) is 6.92 Å². The Bertz CT molecular complexity index is 636. The highest BCUT2D eigenvalue weighted by Gasteiger charge is 2.24. The maximum Gasteiger partial charge on any atom is 0.337 e. The molecule has 0 aromatic heterocycles. The van der Waals surface area contributed by atoms with Crippen molar-refractivity contribution in [3.8, 4) is 0 Å². The summed E-state index contributed by atoms with van der Waals surface area (Å²) < 4.78 is 26.5. The number of hydrogen-bond donors (Lipinski definition) is 2.